The van der Waals surface area contributed by atoms with Crippen LogP contribution in [0.1, 0.15) is 62.9 Å². The van der Waals surface area contributed by atoms with Gasteiger partial charge in [0.15, 0.2) is 0 Å². The minimum atomic E-state index is -0.931. The number of hydrogen-bond donors (Lipinski definition) is 5. The van der Waals surface area contributed by atoms with Gasteiger partial charge in [-0.05, 0) is 79.8 Å². The Labute approximate surface area is 337 Å². The molecule has 14 heteroatoms. The molecule has 4 aliphatic rings. The van der Waals surface area contributed by atoms with Gasteiger partial charge in [0, 0.05) is 68.3 Å². The van der Waals surface area contributed by atoms with Gasteiger partial charge in [0.2, 0.25) is 11.8 Å². The zero-order valence-corrected chi connectivity index (χ0v) is 35.3. The molecule has 1 aliphatic heterocycles. The van der Waals surface area contributed by atoms with E-state index in [1.54, 1.807) is 45.3 Å². The van der Waals surface area contributed by atoms with Crippen molar-refractivity contribution in [2.45, 2.75) is 89.9 Å². The fourth-order valence-electron chi connectivity index (χ4n) is 9.24. The molecule has 3 amide bonds. The highest BCUT2D eigenvalue weighted by Gasteiger charge is 2.57. The molecule has 3 aliphatic carbocycles. The van der Waals surface area contributed by atoms with E-state index in [-0.39, 0.29) is 48.9 Å². The van der Waals surface area contributed by atoms with Crippen molar-refractivity contribution in [3.05, 3.63) is 47.5 Å². The van der Waals surface area contributed by atoms with Crippen LogP contribution in [0.3, 0.4) is 0 Å². The van der Waals surface area contributed by atoms with Crippen molar-refractivity contribution in [2.24, 2.45) is 34.1 Å². The van der Waals surface area contributed by atoms with E-state index in [0.717, 1.165) is 12.1 Å². The number of likely N-dealkylation sites (N-methyl/N-ethyl adjacent to an activating group) is 1. The lowest BCUT2D eigenvalue weighted by atomic mass is 9.45. The summed E-state index contributed by atoms with van der Waals surface area (Å²) in [5.74, 6) is 0.673. The molecule has 4 N–H and O–H groups in total. The summed E-state index contributed by atoms with van der Waals surface area (Å²) >= 11 is 4.34. The number of para-hydroxylation sites is 1. The molecule has 2 aromatic rings. The number of hydrogen-bond acceptors (Lipinski definition) is 11. The molecular weight excluding hydrogens is 733 g/mol. The summed E-state index contributed by atoms with van der Waals surface area (Å²) in [5.41, 5.74) is 3.44. The Balaban J connectivity index is 1.46. The van der Waals surface area contributed by atoms with Crippen molar-refractivity contribution < 1.29 is 34.2 Å². The normalized spacial score (nSPS) is 27.0. The number of fused-ring (bicyclic) bond motifs is 2. The van der Waals surface area contributed by atoms with Gasteiger partial charge < -0.3 is 35.4 Å². The number of benzene rings is 2. The molecule has 2 aromatic carbocycles. The van der Waals surface area contributed by atoms with Crippen LogP contribution in [0, 0.1) is 29.1 Å². The van der Waals surface area contributed by atoms with Gasteiger partial charge in [-0.2, -0.15) is 17.7 Å². The van der Waals surface area contributed by atoms with Gasteiger partial charge in [0.05, 0.1) is 32.4 Å². The number of ether oxygens (including phenoxy) is 1. The molecule has 1 saturated heterocycles. The predicted octanol–water partition coefficient (Wildman–Crippen LogP) is 3.66. The molecule has 1 unspecified atom stereocenters. The van der Waals surface area contributed by atoms with E-state index in [4.69, 9.17) is 9.57 Å². The zero-order valence-electron chi connectivity index (χ0n) is 34.4. The average molecular weight is 795 g/mol. The van der Waals surface area contributed by atoms with Gasteiger partial charge in [0.25, 0.3) is 5.91 Å². The number of hydroxylamine groups is 2. The largest absolute Gasteiger partial charge is 0.496 e. The van der Waals surface area contributed by atoms with Gasteiger partial charge in [-0.15, -0.1) is 0 Å². The highest BCUT2D eigenvalue weighted by Crippen LogP contribution is 2.61. The molecule has 3 saturated carbocycles. The molecule has 1 heterocycles. The molecule has 6 rings (SSSR count). The van der Waals surface area contributed by atoms with Gasteiger partial charge in [-0.25, -0.2) is 0 Å². The second-order valence-electron chi connectivity index (χ2n) is 16.9. The second-order valence-corrected chi connectivity index (χ2v) is 17.3. The van der Waals surface area contributed by atoms with Gasteiger partial charge >= 0.3 is 0 Å². The quantitative estimate of drug-likeness (QED) is 0.127. The summed E-state index contributed by atoms with van der Waals surface area (Å²) in [7, 11) is 8.60. The number of aliphatic imine (C=N–C) groups is 1. The number of amides is 3. The monoisotopic (exact) mass is 794 g/mol. The predicted molar refractivity (Wildman–Crippen MR) is 222 cm³/mol. The van der Waals surface area contributed by atoms with Crippen molar-refractivity contribution in [3.63, 3.8) is 0 Å². The third-order valence-corrected chi connectivity index (χ3v) is 13.1. The third kappa shape index (κ3) is 8.74. The summed E-state index contributed by atoms with van der Waals surface area (Å²) in [5, 5.41) is 29.1. The first-order valence-corrected chi connectivity index (χ1v) is 20.2. The molecular formula is C42H62N6O7S. The Morgan fingerprint density at radius 2 is 1.88 bits per heavy atom. The second kappa shape index (κ2) is 17.8. The van der Waals surface area contributed by atoms with Crippen LogP contribution in [0.25, 0.3) is 11.1 Å². The Morgan fingerprint density at radius 3 is 2.43 bits per heavy atom. The maximum atomic E-state index is 14.3. The standard InChI is InChI=1S/C42H62N6O7S/c1-23-32-17-28(42(32,3)4)18-33(23)44-40(52)37-36(24(2)50)35(21-49)55-48(37)20-25-12-11-13-31(38(25)54-10)26-14-27(16-30(15-26)46(6)7)39(51)45-34(41(53)47(8)9)19-29(22-56)43-5/h11-16,23-24,28-29,32-37,49-50,56H,5,17-22H2,1-4,6-10H3,(H,44,52)(H,45,51)/t23-,24-,28+,29?,32-,33-,34-,35-,36+,37-/m0/s1. The molecule has 13 nitrogen and oxygen atoms in total. The molecule has 0 radical (unpaired) electrons. The number of carbonyl (C=O) groups is 3. The summed E-state index contributed by atoms with van der Waals surface area (Å²) in [4.78, 5) is 55.0. The van der Waals surface area contributed by atoms with Crippen molar-refractivity contribution in [2.75, 3.05) is 52.6 Å². The van der Waals surface area contributed by atoms with E-state index < -0.39 is 36.1 Å². The SMILES string of the molecule is C=NC(CS)C[C@H](NC(=O)c1cc(-c2cccc(CN3O[C@@H](CO)[C@@H]([C@H](C)O)[C@H]3C(=O)N[C@H]3C[C@H]4C[C@@H]([C@@H]3C)C4(C)C)c2OC)cc(N(C)C)c1)C(=O)N(C)C. The highest BCUT2D eigenvalue weighted by atomic mass is 32.1. The van der Waals surface area contributed by atoms with Crippen molar-refractivity contribution in [3.8, 4) is 16.9 Å². The number of rotatable bonds is 16. The van der Waals surface area contributed by atoms with Crippen LogP contribution >= 0.6 is 12.6 Å². The van der Waals surface area contributed by atoms with Crippen molar-refractivity contribution in [1.29, 1.82) is 0 Å². The molecule has 0 spiro atoms. The third-order valence-electron chi connectivity index (χ3n) is 12.7. The first-order valence-electron chi connectivity index (χ1n) is 19.6. The zero-order chi connectivity index (χ0) is 41.2. The number of carbonyl (C=O) groups excluding carboxylic acids is 3. The number of anilines is 1. The van der Waals surface area contributed by atoms with Crippen LogP contribution in [-0.2, 0) is 21.0 Å². The van der Waals surface area contributed by atoms with E-state index in [2.05, 4.69) is 55.7 Å². The van der Waals surface area contributed by atoms with E-state index in [0.29, 0.717) is 51.5 Å². The highest BCUT2D eigenvalue weighted by molar-refractivity contribution is 7.80. The Kier molecular flexibility index (Phi) is 13.8. The fourth-order valence-corrected chi connectivity index (χ4v) is 9.50. The summed E-state index contributed by atoms with van der Waals surface area (Å²) in [6.07, 6.45) is 0.615. The van der Waals surface area contributed by atoms with Crippen molar-refractivity contribution in [1.82, 2.24) is 20.6 Å². The number of aliphatic hydroxyl groups is 2. The van der Waals surface area contributed by atoms with Crippen LogP contribution in [-0.4, -0.2) is 129 Å². The average Bonchev–Trinajstić information content (AvgIpc) is 3.54. The summed E-state index contributed by atoms with van der Waals surface area (Å²) in [6, 6.07) is 9.09. The van der Waals surface area contributed by atoms with Crippen LogP contribution in [0.5, 0.6) is 5.75 Å². The Hall–Kier alpha value is -3.69. The van der Waals surface area contributed by atoms with E-state index in [1.807, 2.05) is 43.3 Å². The maximum absolute atomic E-state index is 14.3. The number of nitrogens with one attached hydrogen (secondary N) is 2. The lowest BCUT2D eigenvalue weighted by Gasteiger charge is -2.62. The number of nitrogens with zero attached hydrogens (tertiary/aromatic N) is 4. The molecule has 56 heavy (non-hydrogen) atoms. The van der Waals surface area contributed by atoms with E-state index in [1.165, 1.54) is 11.3 Å². The van der Waals surface area contributed by atoms with Crippen LogP contribution < -0.4 is 20.3 Å². The topological polar surface area (TPSA) is 156 Å². The van der Waals surface area contributed by atoms with E-state index >= 15 is 0 Å². The summed E-state index contributed by atoms with van der Waals surface area (Å²) in [6.45, 7) is 11.9. The molecule has 4 fully saturated rings. The van der Waals surface area contributed by atoms with E-state index in [9.17, 15) is 24.6 Å². The minimum absolute atomic E-state index is 0.0107. The number of thiol groups is 1. The molecule has 0 aromatic heterocycles. The minimum Gasteiger partial charge on any atom is -0.496 e. The lowest BCUT2D eigenvalue weighted by Crippen LogP contribution is -2.62. The first kappa shape index (κ1) is 43.4. The van der Waals surface area contributed by atoms with Gasteiger partial charge in [-0.1, -0.05) is 39.0 Å². The van der Waals surface area contributed by atoms with Crippen LogP contribution in [0.2, 0.25) is 0 Å². The lowest BCUT2D eigenvalue weighted by molar-refractivity contribution is -0.183. The molecule has 308 valence electrons. The maximum Gasteiger partial charge on any atom is 0.252 e. The summed E-state index contributed by atoms with van der Waals surface area (Å²) < 4.78 is 6.06. The van der Waals surface area contributed by atoms with Crippen LogP contribution in [0.4, 0.5) is 5.69 Å². The van der Waals surface area contributed by atoms with Crippen LogP contribution in [0.15, 0.2) is 41.4 Å². The Morgan fingerprint density at radius 1 is 1.16 bits per heavy atom. The molecule has 10 atom stereocenters. The molecule has 2 bridgehead atoms. The smallest absolute Gasteiger partial charge is 0.252 e. The van der Waals surface area contributed by atoms with Gasteiger partial charge in [-0.3, -0.25) is 24.2 Å². The van der Waals surface area contributed by atoms with Crippen molar-refractivity contribution >= 4 is 42.8 Å². The van der Waals surface area contributed by atoms with Gasteiger partial charge in [0.1, 0.15) is 23.9 Å². The number of aliphatic hydroxyl groups excluding tert-OH is 2. The Bertz CT molecular complexity index is 1750. The fraction of sp³-hybridized carbons (Fsp3) is 0.619. The number of methoxy groups -OCH3 is 1. The first-order chi connectivity index (χ1) is 26.5.